The summed E-state index contributed by atoms with van der Waals surface area (Å²) in [7, 11) is 1.94. The van der Waals surface area contributed by atoms with Crippen LogP contribution in [-0.4, -0.2) is 33.0 Å². The molecule has 0 saturated carbocycles. The number of hydrogen-bond donors (Lipinski definition) is 2. The van der Waals surface area contributed by atoms with Crippen LogP contribution in [0.2, 0.25) is 0 Å². The molecule has 0 aliphatic carbocycles. The van der Waals surface area contributed by atoms with Crippen molar-refractivity contribution in [2.45, 2.75) is 18.3 Å². The van der Waals surface area contributed by atoms with Crippen LogP contribution in [0.3, 0.4) is 0 Å². The largest absolute Gasteiger partial charge is 0.395 e. The number of imidazole rings is 1. The molecule has 1 aromatic carbocycles. The lowest BCUT2D eigenvalue weighted by Gasteiger charge is -2.31. The fourth-order valence-corrected chi connectivity index (χ4v) is 3.10. The van der Waals surface area contributed by atoms with Crippen molar-refractivity contribution < 1.29 is 10.2 Å². The summed E-state index contributed by atoms with van der Waals surface area (Å²) in [6.45, 7) is -0.201. The van der Waals surface area contributed by atoms with Crippen molar-refractivity contribution in [3.05, 3.63) is 52.5 Å². The van der Waals surface area contributed by atoms with Gasteiger partial charge in [-0.05, 0) is 18.1 Å². The molecule has 20 heavy (non-hydrogen) atoms. The average Bonchev–Trinajstić information content (AvgIpc) is 2.87. The van der Waals surface area contributed by atoms with Gasteiger partial charge in [-0.2, -0.15) is 0 Å². The van der Waals surface area contributed by atoms with Crippen molar-refractivity contribution in [3.8, 4) is 0 Å². The van der Waals surface area contributed by atoms with Crippen LogP contribution in [0.4, 0.5) is 0 Å². The van der Waals surface area contributed by atoms with Gasteiger partial charge in [0.15, 0.2) is 0 Å². The first-order valence-corrected chi connectivity index (χ1v) is 7.35. The summed E-state index contributed by atoms with van der Waals surface area (Å²) in [5.74, 6) is 0.948. The molecular weight excluding hydrogens is 320 g/mol. The number of benzene rings is 1. The van der Waals surface area contributed by atoms with Gasteiger partial charge in [-0.1, -0.05) is 34.1 Å². The molecule has 0 aliphatic rings. The molecule has 0 bridgehead atoms. The van der Waals surface area contributed by atoms with E-state index in [1.165, 1.54) is 0 Å². The molecule has 0 atom stereocenters. The van der Waals surface area contributed by atoms with Crippen LogP contribution in [0, 0.1) is 0 Å². The number of aryl methyl sites for hydroxylation is 2. The normalized spacial score (nSPS) is 11.8. The van der Waals surface area contributed by atoms with Crippen LogP contribution in [0.1, 0.15) is 17.8 Å². The lowest BCUT2D eigenvalue weighted by Crippen LogP contribution is -2.36. The van der Waals surface area contributed by atoms with E-state index >= 15 is 0 Å². The molecule has 0 fully saturated rings. The van der Waals surface area contributed by atoms with Crippen molar-refractivity contribution in [1.82, 2.24) is 9.55 Å². The SMILES string of the molecule is Cn1ccnc1CCC(CO)(CO)c1ccccc1Br. The molecule has 0 aliphatic heterocycles. The van der Waals surface area contributed by atoms with Gasteiger partial charge in [0.1, 0.15) is 5.82 Å². The van der Waals surface area contributed by atoms with Crippen LogP contribution in [-0.2, 0) is 18.9 Å². The maximum Gasteiger partial charge on any atom is 0.108 e. The molecule has 2 rings (SSSR count). The summed E-state index contributed by atoms with van der Waals surface area (Å²) in [6, 6.07) is 7.71. The van der Waals surface area contributed by atoms with Gasteiger partial charge in [-0.3, -0.25) is 0 Å². The summed E-state index contributed by atoms with van der Waals surface area (Å²) < 4.78 is 2.86. The van der Waals surface area contributed by atoms with Crippen LogP contribution in [0.25, 0.3) is 0 Å². The number of halogens is 1. The lowest BCUT2D eigenvalue weighted by atomic mass is 9.78. The highest BCUT2D eigenvalue weighted by molar-refractivity contribution is 9.10. The van der Waals surface area contributed by atoms with Gasteiger partial charge < -0.3 is 14.8 Å². The maximum atomic E-state index is 9.84. The zero-order valence-corrected chi connectivity index (χ0v) is 13.0. The predicted octanol–water partition coefficient (Wildman–Crippen LogP) is 2.04. The van der Waals surface area contributed by atoms with Gasteiger partial charge in [-0.15, -0.1) is 0 Å². The number of aromatic nitrogens is 2. The Labute approximate surface area is 127 Å². The predicted molar refractivity (Wildman–Crippen MR) is 81.5 cm³/mol. The van der Waals surface area contributed by atoms with Crippen molar-refractivity contribution in [2.75, 3.05) is 13.2 Å². The van der Waals surface area contributed by atoms with E-state index in [4.69, 9.17) is 0 Å². The zero-order valence-electron chi connectivity index (χ0n) is 11.5. The Bertz CT molecular complexity index is 565. The highest BCUT2D eigenvalue weighted by Crippen LogP contribution is 2.33. The van der Waals surface area contributed by atoms with E-state index in [1.807, 2.05) is 42.1 Å². The van der Waals surface area contributed by atoms with E-state index in [0.29, 0.717) is 12.8 Å². The summed E-state index contributed by atoms with van der Waals surface area (Å²) >= 11 is 3.50. The minimum absolute atomic E-state index is 0.101. The number of rotatable bonds is 6. The Morgan fingerprint density at radius 2 is 1.95 bits per heavy atom. The van der Waals surface area contributed by atoms with E-state index in [-0.39, 0.29) is 13.2 Å². The monoisotopic (exact) mass is 338 g/mol. The highest BCUT2D eigenvalue weighted by Gasteiger charge is 2.32. The number of hydrogen-bond acceptors (Lipinski definition) is 3. The molecule has 5 heteroatoms. The van der Waals surface area contributed by atoms with Crippen LogP contribution in [0.15, 0.2) is 41.1 Å². The van der Waals surface area contributed by atoms with Crippen LogP contribution >= 0.6 is 15.9 Å². The van der Waals surface area contributed by atoms with E-state index < -0.39 is 5.41 Å². The number of aliphatic hydroxyl groups is 2. The molecule has 0 radical (unpaired) electrons. The minimum Gasteiger partial charge on any atom is -0.395 e. The molecule has 2 aromatic rings. The molecule has 4 nitrogen and oxygen atoms in total. The van der Waals surface area contributed by atoms with Gasteiger partial charge in [0, 0.05) is 35.7 Å². The quantitative estimate of drug-likeness (QED) is 0.847. The van der Waals surface area contributed by atoms with Crippen LogP contribution in [0.5, 0.6) is 0 Å². The van der Waals surface area contributed by atoms with E-state index in [9.17, 15) is 10.2 Å². The lowest BCUT2D eigenvalue weighted by molar-refractivity contribution is 0.108. The van der Waals surface area contributed by atoms with Gasteiger partial charge in [0.05, 0.1) is 13.2 Å². The Balaban J connectivity index is 2.26. The molecule has 0 unspecified atom stereocenters. The molecule has 0 amide bonds. The van der Waals surface area contributed by atoms with Crippen molar-refractivity contribution in [1.29, 1.82) is 0 Å². The minimum atomic E-state index is -0.661. The summed E-state index contributed by atoms with van der Waals surface area (Å²) in [5.41, 5.74) is 0.269. The second kappa shape index (κ2) is 6.52. The van der Waals surface area contributed by atoms with Crippen molar-refractivity contribution >= 4 is 15.9 Å². The first-order chi connectivity index (χ1) is 9.63. The molecule has 108 valence electrons. The van der Waals surface area contributed by atoms with Gasteiger partial charge in [0.25, 0.3) is 0 Å². The fourth-order valence-electron chi connectivity index (χ4n) is 2.39. The molecule has 2 N–H and O–H groups in total. The molecule has 1 aromatic heterocycles. The van der Waals surface area contributed by atoms with Crippen LogP contribution < -0.4 is 0 Å². The van der Waals surface area contributed by atoms with Gasteiger partial charge in [-0.25, -0.2) is 4.98 Å². The second-order valence-corrected chi connectivity index (χ2v) is 5.89. The maximum absolute atomic E-state index is 9.84. The van der Waals surface area contributed by atoms with E-state index in [1.54, 1.807) is 6.20 Å². The molecule has 0 spiro atoms. The Morgan fingerprint density at radius 3 is 2.50 bits per heavy atom. The molecule has 1 heterocycles. The third-order valence-electron chi connectivity index (χ3n) is 3.80. The Hall–Kier alpha value is -1.17. The summed E-state index contributed by atoms with van der Waals surface area (Å²) in [6.07, 6.45) is 4.99. The van der Waals surface area contributed by atoms with E-state index in [0.717, 1.165) is 15.9 Å². The number of aliphatic hydroxyl groups excluding tert-OH is 2. The fraction of sp³-hybridized carbons (Fsp3) is 0.400. The third-order valence-corrected chi connectivity index (χ3v) is 4.49. The number of nitrogens with zero attached hydrogens (tertiary/aromatic N) is 2. The summed E-state index contributed by atoms with van der Waals surface area (Å²) in [4.78, 5) is 4.29. The molecule has 0 saturated heterocycles. The Morgan fingerprint density at radius 1 is 1.25 bits per heavy atom. The second-order valence-electron chi connectivity index (χ2n) is 5.03. The first kappa shape index (κ1) is 15.2. The topological polar surface area (TPSA) is 58.3 Å². The van der Waals surface area contributed by atoms with E-state index in [2.05, 4.69) is 20.9 Å². The van der Waals surface area contributed by atoms with Crippen molar-refractivity contribution in [2.24, 2.45) is 7.05 Å². The zero-order chi connectivity index (χ0) is 14.6. The van der Waals surface area contributed by atoms with Gasteiger partial charge >= 0.3 is 0 Å². The average molecular weight is 339 g/mol. The molecular formula is C15H19BrN2O2. The smallest absolute Gasteiger partial charge is 0.108 e. The Kier molecular flexibility index (Phi) is 4.96. The van der Waals surface area contributed by atoms with Crippen molar-refractivity contribution in [3.63, 3.8) is 0 Å². The third kappa shape index (κ3) is 2.95. The van der Waals surface area contributed by atoms with Gasteiger partial charge in [0.2, 0.25) is 0 Å². The highest BCUT2D eigenvalue weighted by atomic mass is 79.9. The standard InChI is InChI=1S/C15H19BrN2O2/c1-18-9-8-17-14(18)6-7-15(10-19,11-20)12-4-2-3-5-13(12)16/h2-5,8-9,19-20H,6-7,10-11H2,1H3. The summed E-state index contributed by atoms with van der Waals surface area (Å²) in [5, 5.41) is 19.7. The first-order valence-electron chi connectivity index (χ1n) is 6.56.